The number of halogens is 2. The molecule has 1 unspecified atom stereocenters. The zero-order valence-corrected chi connectivity index (χ0v) is 16.9. The van der Waals surface area contributed by atoms with E-state index in [0.717, 1.165) is 56.9 Å². The Bertz CT molecular complexity index is 954. The van der Waals surface area contributed by atoms with Gasteiger partial charge in [-0.15, -0.1) is 0 Å². The van der Waals surface area contributed by atoms with Crippen molar-refractivity contribution in [3.8, 4) is 11.5 Å². The van der Waals surface area contributed by atoms with Gasteiger partial charge in [-0.3, -0.25) is 4.90 Å². The first-order chi connectivity index (χ1) is 14.7. The van der Waals surface area contributed by atoms with Crippen LogP contribution in [-0.4, -0.2) is 42.8 Å². The first kappa shape index (κ1) is 19.4. The van der Waals surface area contributed by atoms with Gasteiger partial charge in [-0.2, -0.15) is 0 Å². The smallest absolute Gasteiger partial charge is 0.231 e. The van der Waals surface area contributed by atoms with Crippen LogP contribution in [0.25, 0.3) is 0 Å². The molecule has 0 N–H and O–H groups in total. The number of rotatable bonds is 4. The van der Waals surface area contributed by atoms with Gasteiger partial charge in [0.15, 0.2) is 11.5 Å². The molecule has 0 radical (unpaired) electrons. The van der Waals surface area contributed by atoms with Gasteiger partial charge in [-0.1, -0.05) is 12.1 Å². The van der Waals surface area contributed by atoms with Crippen LogP contribution >= 0.6 is 0 Å². The molecule has 5 rings (SSSR count). The Kier molecular flexibility index (Phi) is 5.34. The van der Waals surface area contributed by atoms with E-state index in [0.29, 0.717) is 24.8 Å². The molecule has 0 spiro atoms. The van der Waals surface area contributed by atoms with Crippen LogP contribution < -0.4 is 9.47 Å². The fraction of sp³-hybridized carbons (Fsp3) is 0.417. The minimum Gasteiger partial charge on any atom is -0.454 e. The number of hydrogen-bond donors (Lipinski definition) is 0. The van der Waals surface area contributed by atoms with Crippen LogP contribution in [0, 0.1) is 11.6 Å². The summed E-state index contributed by atoms with van der Waals surface area (Å²) in [6.45, 7) is 4.35. The predicted octanol–water partition coefficient (Wildman–Crippen LogP) is 4.66. The molecule has 1 saturated heterocycles. The van der Waals surface area contributed by atoms with E-state index >= 15 is 0 Å². The molecule has 3 aliphatic rings. The third-order valence-electron chi connectivity index (χ3n) is 6.44. The number of fused-ring (bicyclic) bond motifs is 1. The van der Waals surface area contributed by atoms with Gasteiger partial charge in [0.1, 0.15) is 11.6 Å². The van der Waals surface area contributed by atoms with Crippen molar-refractivity contribution in [2.45, 2.75) is 31.7 Å². The molecular weight excluding hydrogens is 386 g/mol. The minimum absolute atomic E-state index is 0.311. The van der Waals surface area contributed by atoms with E-state index in [1.165, 1.54) is 29.5 Å². The highest BCUT2D eigenvalue weighted by Crippen LogP contribution is 2.39. The van der Waals surface area contributed by atoms with E-state index in [-0.39, 0.29) is 11.6 Å². The second kappa shape index (κ2) is 8.26. The summed E-state index contributed by atoms with van der Waals surface area (Å²) in [6.07, 6.45) is 5.60. The molecule has 2 aromatic rings. The van der Waals surface area contributed by atoms with Crippen molar-refractivity contribution in [3.63, 3.8) is 0 Å². The van der Waals surface area contributed by atoms with E-state index in [2.05, 4.69) is 28.0 Å². The molecule has 0 aromatic heterocycles. The quantitative estimate of drug-likeness (QED) is 0.729. The Morgan fingerprint density at radius 3 is 2.57 bits per heavy atom. The summed E-state index contributed by atoms with van der Waals surface area (Å²) in [7, 11) is 0. The number of benzene rings is 2. The normalized spacial score (nSPS) is 21.6. The van der Waals surface area contributed by atoms with E-state index in [1.54, 1.807) is 0 Å². The number of allylic oxidation sites excluding steroid dienone is 2. The Labute approximate surface area is 175 Å². The minimum atomic E-state index is -0.380. The summed E-state index contributed by atoms with van der Waals surface area (Å²) in [5, 5.41) is 0. The Morgan fingerprint density at radius 2 is 1.77 bits per heavy atom. The van der Waals surface area contributed by atoms with Crippen molar-refractivity contribution in [3.05, 3.63) is 70.9 Å². The first-order valence-corrected chi connectivity index (χ1v) is 10.7. The van der Waals surface area contributed by atoms with Gasteiger partial charge in [0.2, 0.25) is 6.79 Å². The molecule has 0 saturated carbocycles. The van der Waals surface area contributed by atoms with Gasteiger partial charge in [0.25, 0.3) is 0 Å². The molecule has 0 bridgehead atoms. The number of piperazine rings is 1. The summed E-state index contributed by atoms with van der Waals surface area (Å²) in [5.41, 5.74) is 3.17. The summed E-state index contributed by atoms with van der Waals surface area (Å²) in [4.78, 5) is 4.65. The van der Waals surface area contributed by atoms with Crippen molar-refractivity contribution in [1.82, 2.24) is 9.80 Å². The highest BCUT2D eigenvalue weighted by atomic mass is 19.1. The molecule has 2 aliphatic heterocycles. The van der Waals surface area contributed by atoms with Gasteiger partial charge in [-0.05, 0) is 61.1 Å². The van der Waals surface area contributed by atoms with Crippen molar-refractivity contribution in [1.29, 1.82) is 0 Å². The molecule has 2 aromatic carbocycles. The molecular formula is C24H26F2N2O2. The third-order valence-corrected chi connectivity index (χ3v) is 6.44. The fourth-order valence-corrected chi connectivity index (χ4v) is 4.68. The summed E-state index contributed by atoms with van der Waals surface area (Å²) in [6, 6.07) is 9.98. The zero-order chi connectivity index (χ0) is 20.5. The van der Waals surface area contributed by atoms with Crippen LogP contribution in [0.3, 0.4) is 0 Å². The second-order valence-corrected chi connectivity index (χ2v) is 8.28. The van der Waals surface area contributed by atoms with Crippen molar-refractivity contribution in [2.24, 2.45) is 0 Å². The van der Waals surface area contributed by atoms with E-state index in [1.807, 2.05) is 6.07 Å². The monoisotopic (exact) mass is 412 g/mol. The zero-order valence-electron chi connectivity index (χ0n) is 16.9. The lowest BCUT2D eigenvalue weighted by Gasteiger charge is -2.39. The van der Waals surface area contributed by atoms with Crippen molar-refractivity contribution in [2.75, 3.05) is 33.0 Å². The first-order valence-electron chi connectivity index (χ1n) is 10.7. The van der Waals surface area contributed by atoms with Crippen LogP contribution in [0.15, 0.2) is 48.2 Å². The van der Waals surface area contributed by atoms with E-state index in [4.69, 9.17) is 9.47 Å². The van der Waals surface area contributed by atoms with Crippen LogP contribution in [0.1, 0.15) is 36.3 Å². The number of nitrogens with zero attached hydrogens (tertiary/aromatic N) is 2. The van der Waals surface area contributed by atoms with Crippen LogP contribution in [0.2, 0.25) is 0 Å². The highest BCUT2D eigenvalue weighted by molar-refractivity contribution is 5.45. The second-order valence-electron chi connectivity index (χ2n) is 8.28. The molecule has 1 atom stereocenters. The van der Waals surface area contributed by atoms with Gasteiger partial charge in [0.05, 0.1) is 0 Å². The maximum Gasteiger partial charge on any atom is 0.231 e. The Balaban J connectivity index is 1.16. The number of ether oxygens (including phenoxy) is 2. The molecule has 6 heteroatoms. The van der Waals surface area contributed by atoms with E-state index in [9.17, 15) is 8.78 Å². The highest BCUT2D eigenvalue weighted by Gasteiger charge is 2.24. The Hall–Kier alpha value is -2.60. The molecule has 1 aliphatic carbocycles. The lowest BCUT2D eigenvalue weighted by Crippen LogP contribution is -2.45. The molecule has 1 fully saturated rings. The molecule has 0 amide bonds. The standard InChI is InChI=1S/C24H26F2N2O2/c25-20-4-7-22(26)19(13-20)15-27-9-11-28(12-10-27)21-5-1-17(2-6-21)18-3-8-23-24(14-18)30-16-29-23/h3-5,7-8,13-14,17H,1-2,6,9-12,15-16H2. The summed E-state index contributed by atoms with van der Waals surface area (Å²) < 4.78 is 38.3. The van der Waals surface area contributed by atoms with E-state index < -0.39 is 0 Å². The largest absolute Gasteiger partial charge is 0.454 e. The SMILES string of the molecule is Fc1ccc(F)c(CN2CCN(C3=CCC(c4ccc5c(c4)OCO5)CC3)CC2)c1. The van der Waals surface area contributed by atoms with Gasteiger partial charge < -0.3 is 14.4 Å². The lowest BCUT2D eigenvalue weighted by molar-refractivity contribution is 0.146. The lowest BCUT2D eigenvalue weighted by atomic mass is 9.86. The fourth-order valence-electron chi connectivity index (χ4n) is 4.68. The maximum absolute atomic E-state index is 13.9. The van der Waals surface area contributed by atoms with Gasteiger partial charge in [-0.25, -0.2) is 8.78 Å². The van der Waals surface area contributed by atoms with Crippen molar-refractivity contribution < 1.29 is 18.3 Å². The predicted molar refractivity (Wildman–Crippen MR) is 110 cm³/mol. The third kappa shape index (κ3) is 4.01. The summed E-state index contributed by atoms with van der Waals surface area (Å²) in [5.74, 6) is 1.49. The average molecular weight is 412 g/mol. The number of hydrogen-bond acceptors (Lipinski definition) is 4. The maximum atomic E-state index is 13.9. The van der Waals surface area contributed by atoms with Crippen LogP contribution in [0.5, 0.6) is 11.5 Å². The average Bonchev–Trinajstić information content (AvgIpc) is 3.25. The van der Waals surface area contributed by atoms with Crippen molar-refractivity contribution >= 4 is 0 Å². The molecule has 4 nitrogen and oxygen atoms in total. The van der Waals surface area contributed by atoms with Gasteiger partial charge >= 0.3 is 0 Å². The topological polar surface area (TPSA) is 24.9 Å². The molecule has 30 heavy (non-hydrogen) atoms. The van der Waals surface area contributed by atoms with Crippen LogP contribution in [-0.2, 0) is 6.54 Å². The van der Waals surface area contributed by atoms with Gasteiger partial charge in [0, 0.05) is 44.0 Å². The summed E-state index contributed by atoms with van der Waals surface area (Å²) >= 11 is 0. The van der Waals surface area contributed by atoms with Crippen LogP contribution in [0.4, 0.5) is 8.78 Å². The Morgan fingerprint density at radius 1 is 0.933 bits per heavy atom. The molecule has 158 valence electrons. The molecule has 2 heterocycles.